The summed E-state index contributed by atoms with van der Waals surface area (Å²) in [7, 11) is 1.90. The maximum Gasteiger partial charge on any atom is 0.269 e. The topological polar surface area (TPSA) is 64.2 Å². The number of anilines is 1. The molecule has 0 unspecified atom stereocenters. The summed E-state index contributed by atoms with van der Waals surface area (Å²) in [4.78, 5) is 14.0. The summed E-state index contributed by atoms with van der Waals surface area (Å²) < 4.78 is 1.46. The van der Waals surface area contributed by atoms with Crippen LogP contribution >= 0.6 is 0 Å². The molecule has 0 radical (unpaired) electrons. The molecular weight excluding hydrogens is 252 g/mol. The molecule has 0 aliphatic carbocycles. The molecule has 1 heterocycles. The van der Waals surface area contributed by atoms with E-state index in [2.05, 4.69) is 5.10 Å². The Morgan fingerprint density at radius 2 is 2.00 bits per heavy atom. The van der Waals surface area contributed by atoms with Crippen LogP contribution in [0.25, 0.3) is 0 Å². The molecule has 5 heteroatoms. The lowest BCUT2D eigenvalue weighted by atomic mass is 10.1. The molecule has 2 aromatic rings. The SMILES string of the molecule is Cc1ccc(Cn2ncc(N(C)CCN)cc2=O)cc1. The Morgan fingerprint density at radius 3 is 2.60 bits per heavy atom. The minimum atomic E-state index is -0.105. The Kier molecular flexibility index (Phi) is 4.53. The zero-order valence-corrected chi connectivity index (χ0v) is 11.9. The van der Waals surface area contributed by atoms with Gasteiger partial charge in [-0.05, 0) is 12.5 Å². The van der Waals surface area contributed by atoms with Crippen LogP contribution in [0.2, 0.25) is 0 Å². The van der Waals surface area contributed by atoms with E-state index in [9.17, 15) is 4.79 Å². The lowest BCUT2D eigenvalue weighted by Crippen LogP contribution is -2.29. The number of aryl methyl sites for hydroxylation is 1. The average Bonchev–Trinajstić information content (AvgIpc) is 2.43. The van der Waals surface area contributed by atoms with E-state index in [4.69, 9.17) is 5.73 Å². The van der Waals surface area contributed by atoms with Gasteiger partial charge in [0.2, 0.25) is 0 Å². The van der Waals surface area contributed by atoms with E-state index in [1.807, 2.05) is 43.1 Å². The fourth-order valence-corrected chi connectivity index (χ4v) is 1.94. The molecule has 5 nitrogen and oxygen atoms in total. The molecule has 0 saturated heterocycles. The first-order valence-corrected chi connectivity index (χ1v) is 6.64. The summed E-state index contributed by atoms with van der Waals surface area (Å²) in [5.41, 5.74) is 8.46. The number of hydrogen-bond donors (Lipinski definition) is 1. The van der Waals surface area contributed by atoms with Crippen LogP contribution in [0.1, 0.15) is 11.1 Å². The van der Waals surface area contributed by atoms with E-state index in [1.54, 1.807) is 12.3 Å². The fraction of sp³-hybridized carbons (Fsp3) is 0.333. The van der Waals surface area contributed by atoms with Crippen molar-refractivity contribution >= 4 is 5.69 Å². The van der Waals surface area contributed by atoms with Crippen LogP contribution in [0.5, 0.6) is 0 Å². The summed E-state index contributed by atoms with van der Waals surface area (Å²) in [6.45, 7) is 3.77. The summed E-state index contributed by atoms with van der Waals surface area (Å²) in [6, 6.07) is 9.68. The summed E-state index contributed by atoms with van der Waals surface area (Å²) in [5, 5.41) is 4.22. The molecular formula is C15H20N4O. The van der Waals surface area contributed by atoms with Crippen molar-refractivity contribution < 1.29 is 0 Å². The molecule has 106 valence electrons. The molecule has 0 spiro atoms. The summed E-state index contributed by atoms with van der Waals surface area (Å²) in [6.07, 6.45) is 1.70. The number of nitrogens with two attached hydrogens (primary N) is 1. The predicted octanol–water partition coefficient (Wildman–Crippen LogP) is 0.995. The quantitative estimate of drug-likeness (QED) is 0.882. The Labute approximate surface area is 118 Å². The van der Waals surface area contributed by atoms with Crippen molar-refractivity contribution in [3.8, 4) is 0 Å². The Balaban J connectivity index is 2.17. The van der Waals surface area contributed by atoms with Gasteiger partial charge in [-0.25, -0.2) is 4.68 Å². The van der Waals surface area contributed by atoms with Crippen LogP contribution in [0.4, 0.5) is 5.69 Å². The zero-order valence-electron chi connectivity index (χ0n) is 11.9. The van der Waals surface area contributed by atoms with Gasteiger partial charge < -0.3 is 10.6 Å². The van der Waals surface area contributed by atoms with Crippen LogP contribution in [0, 0.1) is 6.92 Å². The number of hydrogen-bond acceptors (Lipinski definition) is 4. The molecule has 0 fully saturated rings. The number of benzene rings is 1. The van der Waals surface area contributed by atoms with Gasteiger partial charge in [0.25, 0.3) is 5.56 Å². The highest BCUT2D eigenvalue weighted by molar-refractivity contribution is 5.41. The van der Waals surface area contributed by atoms with E-state index in [-0.39, 0.29) is 5.56 Å². The van der Waals surface area contributed by atoms with Crippen molar-refractivity contribution in [2.75, 3.05) is 25.0 Å². The minimum Gasteiger partial charge on any atom is -0.372 e. The van der Waals surface area contributed by atoms with Crippen LogP contribution < -0.4 is 16.2 Å². The van der Waals surface area contributed by atoms with Crippen LogP contribution in [0.3, 0.4) is 0 Å². The lowest BCUT2D eigenvalue weighted by Gasteiger charge is -2.17. The van der Waals surface area contributed by atoms with Gasteiger partial charge in [-0.2, -0.15) is 5.10 Å². The summed E-state index contributed by atoms with van der Waals surface area (Å²) in [5.74, 6) is 0. The van der Waals surface area contributed by atoms with Gasteiger partial charge >= 0.3 is 0 Å². The van der Waals surface area contributed by atoms with Gasteiger partial charge in [0, 0.05) is 26.2 Å². The smallest absolute Gasteiger partial charge is 0.269 e. The summed E-state index contributed by atoms with van der Waals surface area (Å²) >= 11 is 0. The molecule has 0 aliphatic rings. The molecule has 1 aromatic heterocycles. The molecule has 0 saturated carbocycles. The van der Waals surface area contributed by atoms with Crippen molar-refractivity contribution in [1.29, 1.82) is 0 Å². The van der Waals surface area contributed by atoms with Crippen molar-refractivity contribution in [2.24, 2.45) is 5.73 Å². The van der Waals surface area contributed by atoms with Crippen molar-refractivity contribution in [1.82, 2.24) is 9.78 Å². The first kappa shape index (κ1) is 14.3. The number of rotatable bonds is 5. The molecule has 0 aliphatic heterocycles. The zero-order chi connectivity index (χ0) is 14.5. The van der Waals surface area contributed by atoms with Gasteiger partial charge in [0.1, 0.15) is 0 Å². The number of likely N-dealkylation sites (N-methyl/N-ethyl adjacent to an activating group) is 1. The molecule has 2 rings (SSSR count). The van der Waals surface area contributed by atoms with Gasteiger partial charge in [0.15, 0.2) is 0 Å². The third-order valence-electron chi connectivity index (χ3n) is 3.21. The maximum atomic E-state index is 12.1. The third-order valence-corrected chi connectivity index (χ3v) is 3.21. The van der Waals surface area contributed by atoms with Crippen molar-refractivity contribution in [3.05, 3.63) is 58.0 Å². The van der Waals surface area contributed by atoms with E-state index < -0.39 is 0 Å². The second-order valence-corrected chi connectivity index (χ2v) is 4.91. The first-order chi connectivity index (χ1) is 9.60. The first-order valence-electron chi connectivity index (χ1n) is 6.64. The standard InChI is InChI=1S/C15H20N4O/c1-12-3-5-13(6-4-12)11-19-15(20)9-14(10-17-19)18(2)8-7-16/h3-6,9-10H,7-8,11,16H2,1-2H3. The second-order valence-electron chi connectivity index (χ2n) is 4.91. The number of nitrogens with zero attached hydrogens (tertiary/aromatic N) is 3. The molecule has 0 bridgehead atoms. The molecule has 20 heavy (non-hydrogen) atoms. The predicted molar refractivity (Wildman–Crippen MR) is 81.1 cm³/mol. The van der Waals surface area contributed by atoms with Crippen molar-refractivity contribution in [3.63, 3.8) is 0 Å². The van der Waals surface area contributed by atoms with Crippen LogP contribution in [-0.4, -0.2) is 29.9 Å². The van der Waals surface area contributed by atoms with Gasteiger partial charge in [-0.15, -0.1) is 0 Å². The Morgan fingerprint density at radius 1 is 1.30 bits per heavy atom. The highest BCUT2D eigenvalue weighted by atomic mass is 16.1. The monoisotopic (exact) mass is 272 g/mol. The Bertz CT molecular complexity index is 619. The highest BCUT2D eigenvalue weighted by Crippen LogP contribution is 2.07. The lowest BCUT2D eigenvalue weighted by molar-refractivity contribution is 0.637. The van der Waals surface area contributed by atoms with Crippen LogP contribution in [-0.2, 0) is 6.54 Å². The minimum absolute atomic E-state index is 0.105. The Hall–Kier alpha value is -2.14. The average molecular weight is 272 g/mol. The van der Waals surface area contributed by atoms with Crippen molar-refractivity contribution in [2.45, 2.75) is 13.5 Å². The van der Waals surface area contributed by atoms with Gasteiger partial charge in [-0.3, -0.25) is 4.79 Å². The van der Waals surface area contributed by atoms with Crippen LogP contribution in [0.15, 0.2) is 41.3 Å². The fourth-order valence-electron chi connectivity index (χ4n) is 1.94. The van der Waals surface area contributed by atoms with E-state index >= 15 is 0 Å². The van der Waals surface area contributed by atoms with E-state index in [0.29, 0.717) is 19.6 Å². The third kappa shape index (κ3) is 3.45. The molecule has 2 N–H and O–H groups in total. The number of aromatic nitrogens is 2. The maximum absolute atomic E-state index is 12.1. The van der Waals surface area contributed by atoms with E-state index in [1.165, 1.54) is 10.2 Å². The molecule has 0 atom stereocenters. The normalized spacial score (nSPS) is 10.6. The molecule has 1 aromatic carbocycles. The van der Waals surface area contributed by atoms with Gasteiger partial charge in [0.05, 0.1) is 18.4 Å². The highest BCUT2D eigenvalue weighted by Gasteiger charge is 2.04. The van der Waals surface area contributed by atoms with Gasteiger partial charge in [-0.1, -0.05) is 29.8 Å². The second kappa shape index (κ2) is 6.34. The van der Waals surface area contributed by atoms with E-state index in [0.717, 1.165) is 11.3 Å². The molecule has 0 amide bonds. The largest absolute Gasteiger partial charge is 0.372 e.